The smallest absolute Gasteiger partial charge is 0.417 e. The minimum Gasteiger partial charge on any atom is -0.481 e. The highest BCUT2D eigenvalue weighted by atomic mass is 16.6. The molecule has 1 atom stereocenters. The van der Waals surface area contributed by atoms with Gasteiger partial charge in [-0.25, -0.2) is 14.4 Å². The number of rotatable bonds is 3. The van der Waals surface area contributed by atoms with Crippen molar-refractivity contribution >= 4 is 18.0 Å². The van der Waals surface area contributed by atoms with Crippen LogP contribution in [0.15, 0.2) is 19.0 Å². The Morgan fingerprint density at radius 1 is 1.61 bits per heavy atom. The first-order valence-corrected chi connectivity index (χ1v) is 5.29. The molecule has 1 aliphatic heterocycles. The molecule has 1 aliphatic rings. The van der Waals surface area contributed by atoms with Gasteiger partial charge in [0.1, 0.15) is 12.9 Å². The topological polar surface area (TPSA) is 97.6 Å². The van der Waals surface area contributed by atoms with Crippen LogP contribution in [-0.4, -0.2) is 45.1 Å². The lowest BCUT2D eigenvalue weighted by atomic mass is 10.1. The molecule has 96 valence electrons. The van der Waals surface area contributed by atoms with Gasteiger partial charge >= 0.3 is 12.1 Å². The molecule has 0 bridgehead atoms. The van der Waals surface area contributed by atoms with Crippen LogP contribution in [0.1, 0.15) is 0 Å². The van der Waals surface area contributed by atoms with E-state index in [1.165, 1.54) is 22.0 Å². The van der Waals surface area contributed by atoms with E-state index in [2.05, 4.69) is 16.7 Å². The van der Waals surface area contributed by atoms with E-state index in [9.17, 15) is 9.59 Å². The molecular formula is C10H12N4O4. The van der Waals surface area contributed by atoms with Gasteiger partial charge in [-0.15, -0.1) is 0 Å². The Hall–Kier alpha value is -2.38. The number of hydrogen-bond acceptors (Lipinski definition) is 5. The average molecular weight is 252 g/mol. The molecule has 0 radical (unpaired) electrons. The summed E-state index contributed by atoms with van der Waals surface area (Å²) in [6, 6.07) is 0. The molecule has 1 aromatic heterocycles. The monoisotopic (exact) mass is 252 g/mol. The highest BCUT2D eigenvalue weighted by molar-refractivity contribution is 5.87. The van der Waals surface area contributed by atoms with Crippen molar-refractivity contribution in [2.75, 3.05) is 18.1 Å². The Bertz CT molecular complexity index is 484. The molecule has 0 aromatic carbocycles. The van der Waals surface area contributed by atoms with Crippen LogP contribution < -0.4 is 4.90 Å². The van der Waals surface area contributed by atoms with Crippen molar-refractivity contribution in [1.82, 2.24) is 14.8 Å². The fourth-order valence-corrected chi connectivity index (χ4v) is 1.68. The molecule has 0 saturated carbocycles. The molecule has 8 nitrogen and oxygen atoms in total. The lowest BCUT2D eigenvalue weighted by molar-refractivity contribution is -0.142. The zero-order chi connectivity index (χ0) is 13.1. The summed E-state index contributed by atoms with van der Waals surface area (Å²) < 4.78 is 6.25. The second kappa shape index (κ2) is 4.86. The number of anilines is 1. The predicted octanol–water partition coefficient (Wildman–Crippen LogP) is 0.121. The maximum Gasteiger partial charge on any atom is 0.417 e. The van der Waals surface area contributed by atoms with Crippen molar-refractivity contribution in [2.24, 2.45) is 5.92 Å². The van der Waals surface area contributed by atoms with Gasteiger partial charge in [0.2, 0.25) is 5.95 Å². The van der Waals surface area contributed by atoms with E-state index in [0.717, 1.165) is 0 Å². The number of aliphatic carboxylic acids is 1. The van der Waals surface area contributed by atoms with Crippen molar-refractivity contribution < 1.29 is 19.4 Å². The van der Waals surface area contributed by atoms with E-state index < -0.39 is 18.0 Å². The van der Waals surface area contributed by atoms with E-state index in [4.69, 9.17) is 9.84 Å². The third-order valence-electron chi connectivity index (χ3n) is 2.53. The van der Waals surface area contributed by atoms with Crippen LogP contribution in [0.4, 0.5) is 10.7 Å². The van der Waals surface area contributed by atoms with Crippen molar-refractivity contribution in [3.05, 3.63) is 19.0 Å². The molecule has 1 unspecified atom stereocenters. The summed E-state index contributed by atoms with van der Waals surface area (Å²) in [5.41, 5.74) is 0. The van der Waals surface area contributed by atoms with Crippen LogP contribution in [0.3, 0.4) is 0 Å². The van der Waals surface area contributed by atoms with E-state index in [-0.39, 0.29) is 19.7 Å². The molecule has 1 N–H and O–H groups in total. The lowest BCUT2D eigenvalue weighted by Gasteiger charge is -2.28. The highest BCUT2D eigenvalue weighted by Gasteiger charge is 2.34. The van der Waals surface area contributed by atoms with Gasteiger partial charge in [-0.3, -0.25) is 4.79 Å². The molecule has 0 fully saturated rings. The SMILES string of the molecule is C=CCOC(=O)N1CC(C(=O)O)Cn2ncnc21. The Morgan fingerprint density at radius 3 is 3.06 bits per heavy atom. The van der Waals surface area contributed by atoms with Crippen LogP contribution in [0, 0.1) is 5.92 Å². The van der Waals surface area contributed by atoms with Gasteiger partial charge < -0.3 is 9.84 Å². The number of carbonyl (C=O) groups excluding carboxylic acids is 1. The molecule has 2 heterocycles. The molecule has 1 aromatic rings. The maximum atomic E-state index is 11.8. The van der Waals surface area contributed by atoms with Crippen LogP contribution in [0.25, 0.3) is 0 Å². The minimum atomic E-state index is -0.988. The molecule has 1 amide bonds. The standard InChI is InChI=1S/C10H12N4O4/c1-2-3-18-10(17)13-4-7(8(15)16)5-14-9(13)11-6-12-14/h2,6-7H,1,3-5H2,(H,15,16). The highest BCUT2D eigenvalue weighted by Crippen LogP contribution is 2.21. The molecular weight excluding hydrogens is 240 g/mol. The summed E-state index contributed by atoms with van der Waals surface area (Å²) in [7, 11) is 0. The summed E-state index contributed by atoms with van der Waals surface area (Å²) in [5.74, 6) is -1.42. The van der Waals surface area contributed by atoms with Gasteiger partial charge in [0.15, 0.2) is 0 Å². The number of carboxylic acids is 1. The average Bonchev–Trinajstić information content (AvgIpc) is 2.82. The zero-order valence-corrected chi connectivity index (χ0v) is 9.52. The van der Waals surface area contributed by atoms with Crippen LogP contribution in [0.2, 0.25) is 0 Å². The van der Waals surface area contributed by atoms with E-state index in [1.807, 2.05) is 0 Å². The summed E-state index contributed by atoms with van der Waals surface area (Å²) in [6.07, 6.45) is 2.05. The second-order valence-corrected chi connectivity index (χ2v) is 3.75. The van der Waals surface area contributed by atoms with Crippen LogP contribution in [0.5, 0.6) is 0 Å². The third-order valence-corrected chi connectivity index (χ3v) is 2.53. The predicted molar refractivity (Wildman–Crippen MR) is 60.0 cm³/mol. The van der Waals surface area contributed by atoms with Crippen molar-refractivity contribution in [1.29, 1.82) is 0 Å². The number of amides is 1. The van der Waals surface area contributed by atoms with Crippen molar-refractivity contribution in [3.8, 4) is 0 Å². The van der Waals surface area contributed by atoms with Gasteiger partial charge in [-0.05, 0) is 0 Å². The molecule has 0 saturated heterocycles. The van der Waals surface area contributed by atoms with E-state index in [1.54, 1.807) is 0 Å². The number of nitrogens with zero attached hydrogens (tertiary/aromatic N) is 4. The maximum absolute atomic E-state index is 11.8. The van der Waals surface area contributed by atoms with Gasteiger partial charge in [-0.1, -0.05) is 12.7 Å². The first-order chi connectivity index (χ1) is 8.63. The molecule has 8 heteroatoms. The first kappa shape index (κ1) is 12.1. The number of carbonyl (C=O) groups is 2. The molecule has 0 spiro atoms. The number of ether oxygens (including phenoxy) is 1. The van der Waals surface area contributed by atoms with E-state index in [0.29, 0.717) is 5.95 Å². The second-order valence-electron chi connectivity index (χ2n) is 3.75. The van der Waals surface area contributed by atoms with Gasteiger partial charge in [-0.2, -0.15) is 10.1 Å². The number of hydrogen-bond donors (Lipinski definition) is 1. The summed E-state index contributed by atoms with van der Waals surface area (Å²) in [4.78, 5) is 27.9. The minimum absolute atomic E-state index is 0.0179. The van der Waals surface area contributed by atoms with Gasteiger partial charge in [0, 0.05) is 6.54 Å². The largest absolute Gasteiger partial charge is 0.481 e. The summed E-state index contributed by atoms with van der Waals surface area (Å²) in [6.45, 7) is 3.70. The van der Waals surface area contributed by atoms with Gasteiger partial charge in [0.25, 0.3) is 0 Å². The fourth-order valence-electron chi connectivity index (χ4n) is 1.68. The lowest BCUT2D eigenvalue weighted by Crippen LogP contribution is -2.45. The third kappa shape index (κ3) is 2.17. The molecule has 18 heavy (non-hydrogen) atoms. The fraction of sp³-hybridized carbons (Fsp3) is 0.400. The molecule has 0 aliphatic carbocycles. The van der Waals surface area contributed by atoms with Crippen LogP contribution >= 0.6 is 0 Å². The number of aromatic nitrogens is 3. The van der Waals surface area contributed by atoms with Crippen molar-refractivity contribution in [3.63, 3.8) is 0 Å². The Labute approximate surface area is 102 Å². The number of carboxylic acid groups (broad SMARTS) is 1. The Morgan fingerprint density at radius 2 is 2.39 bits per heavy atom. The van der Waals surface area contributed by atoms with Gasteiger partial charge in [0.05, 0.1) is 12.5 Å². The first-order valence-electron chi connectivity index (χ1n) is 5.29. The Kier molecular flexibility index (Phi) is 3.26. The Balaban J connectivity index is 2.21. The summed E-state index contributed by atoms with van der Waals surface area (Å²) in [5, 5.41) is 12.9. The van der Waals surface area contributed by atoms with Crippen molar-refractivity contribution in [2.45, 2.75) is 6.54 Å². The summed E-state index contributed by atoms with van der Waals surface area (Å²) >= 11 is 0. The van der Waals surface area contributed by atoms with Crippen LogP contribution in [-0.2, 0) is 16.1 Å². The quantitative estimate of drug-likeness (QED) is 0.767. The zero-order valence-electron chi connectivity index (χ0n) is 9.52. The number of fused-ring (bicyclic) bond motifs is 1. The normalized spacial score (nSPS) is 18.0. The molecule has 2 rings (SSSR count). The van der Waals surface area contributed by atoms with E-state index >= 15 is 0 Å².